The Kier molecular flexibility index (Phi) is 7.92. The molecule has 0 saturated carbocycles. The van der Waals surface area contributed by atoms with Crippen molar-refractivity contribution in [3.63, 3.8) is 0 Å². The number of aryl methyl sites for hydroxylation is 1. The van der Waals surface area contributed by atoms with Gasteiger partial charge < -0.3 is 14.6 Å². The molecule has 2 heterocycles. The zero-order chi connectivity index (χ0) is 22.4. The highest BCUT2D eigenvalue weighted by Gasteiger charge is 2.34. The zero-order valence-corrected chi connectivity index (χ0v) is 19.1. The van der Waals surface area contributed by atoms with Crippen LogP contribution in [0.1, 0.15) is 37.8 Å². The van der Waals surface area contributed by atoms with Gasteiger partial charge in [-0.1, -0.05) is 32.0 Å². The number of nitrogens with one attached hydrogen (secondary N) is 1. The van der Waals surface area contributed by atoms with E-state index >= 15 is 0 Å². The summed E-state index contributed by atoms with van der Waals surface area (Å²) in [6.07, 6.45) is 5.97. The van der Waals surface area contributed by atoms with E-state index in [1.807, 2.05) is 35.9 Å². The van der Waals surface area contributed by atoms with Gasteiger partial charge in [0.2, 0.25) is 5.91 Å². The first-order valence-electron chi connectivity index (χ1n) is 10.6. The van der Waals surface area contributed by atoms with Crippen LogP contribution in [0.2, 0.25) is 0 Å². The minimum Gasteiger partial charge on any atom is -0.385 e. The number of fused-ring (bicyclic) bond motifs is 1. The van der Waals surface area contributed by atoms with E-state index in [2.05, 4.69) is 12.2 Å². The molecule has 1 aromatic carbocycles. The van der Waals surface area contributed by atoms with Gasteiger partial charge in [0.25, 0.3) is 11.1 Å². The maximum Gasteiger partial charge on any atom is 0.293 e. The van der Waals surface area contributed by atoms with Gasteiger partial charge in [0, 0.05) is 44.0 Å². The molecule has 2 aromatic rings. The maximum absolute atomic E-state index is 12.7. The highest BCUT2D eigenvalue weighted by molar-refractivity contribution is 8.18. The lowest BCUT2D eigenvalue weighted by molar-refractivity contribution is -0.123. The summed E-state index contributed by atoms with van der Waals surface area (Å²) in [5.41, 5.74) is 2.94. The predicted molar refractivity (Wildman–Crippen MR) is 124 cm³/mol. The average Bonchev–Trinajstić information content (AvgIpc) is 3.23. The molecule has 0 unspecified atom stereocenters. The molecule has 31 heavy (non-hydrogen) atoms. The molecule has 0 bridgehead atoms. The minimum absolute atomic E-state index is 0.0753. The van der Waals surface area contributed by atoms with Gasteiger partial charge in [-0.25, -0.2) is 0 Å². The van der Waals surface area contributed by atoms with Crippen LogP contribution in [0.3, 0.4) is 0 Å². The first-order valence-corrected chi connectivity index (χ1v) is 11.4. The Labute approximate surface area is 186 Å². The fourth-order valence-corrected chi connectivity index (χ4v) is 4.56. The van der Waals surface area contributed by atoms with Crippen molar-refractivity contribution in [2.75, 3.05) is 26.8 Å². The topological polar surface area (TPSA) is 80.6 Å². The normalized spacial score (nSPS) is 15.5. The Bertz CT molecular complexity index is 1010. The summed E-state index contributed by atoms with van der Waals surface area (Å²) in [6, 6.07) is 6.02. The van der Waals surface area contributed by atoms with E-state index in [4.69, 9.17) is 4.74 Å². The third-order valence-electron chi connectivity index (χ3n) is 5.16. The summed E-state index contributed by atoms with van der Waals surface area (Å²) in [7, 11) is 1.64. The Morgan fingerprint density at radius 3 is 2.77 bits per heavy atom. The third kappa shape index (κ3) is 5.19. The number of hydrogen-bond donors (Lipinski definition) is 1. The van der Waals surface area contributed by atoms with Crippen molar-refractivity contribution in [3.05, 3.63) is 40.4 Å². The summed E-state index contributed by atoms with van der Waals surface area (Å²) in [5.74, 6) is -0.325. The van der Waals surface area contributed by atoms with Crippen LogP contribution in [0.25, 0.3) is 17.0 Å². The number of aromatic nitrogens is 1. The molecule has 0 spiro atoms. The van der Waals surface area contributed by atoms with Crippen molar-refractivity contribution in [2.24, 2.45) is 0 Å². The van der Waals surface area contributed by atoms with Gasteiger partial charge in [0.1, 0.15) is 6.54 Å². The molecule has 3 rings (SSSR count). The molecule has 3 amide bonds. The van der Waals surface area contributed by atoms with Crippen LogP contribution < -0.4 is 5.32 Å². The van der Waals surface area contributed by atoms with Gasteiger partial charge in [-0.05, 0) is 42.7 Å². The molecular formula is C23H29N3O4S. The van der Waals surface area contributed by atoms with E-state index in [0.717, 1.165) is 53.1 Å². The standard InChI is InChI=1S/C23H29N3O4S/c1-4-11-26-22(28)19(31-23(26)29)13-17-14-25(15-20(27)24-10-7-12-30-3)21-16(5-2)8-6-9-18(17)21/h6,8-9,13-14H,4-5,7,10-12,15H2,1-3H3,(H,24,27)/b19-13-. The lowest BCUT2D eigenvalue weighted by atomic mass is 10.1. The van der Waals surface area contributed by atoms with Crippen LogP contribution in [-0.2, 0) is 27.3 Å². The molecule has 0 aliphatic carbocycles. The number of hydrogen-bond acceptors (Lipinski definition) is 5. The number of imide groups is 1. The van der Waals surface area contributed by atoms with E-state index in [1.54, 1.807) is 13.2 Å². The molecule has 1 N–H and O–H groups in total. The maximum atomic E-state index is 12.7. The molecule has 8 heteroatoms. The van der Waals surface area contributed by atoms with Crippen molar-refractivity contribution in [1.29, 1.82) is 0 Å². The molecule has 1 aliphatic heterocycles. The summed E-state index contributed by atoms with van der Waals surface area (Å²) >= 11 is 0.972. The second kappa shape index (κ2) is 10.6. The van der Waals surface area contributed by atoms with Crippen LogP contribution >= 0.6 is 11.8 Å². The molecule has 166 valence electrons. The van der Waals surface area contributed by atoms with E-state index in [1.165, 1.54) is 4.90 Å². The third-order valence-corrected chi connectivity index (χ3v) is 6.07. The molecule has 0 atom stereocenters. The molecule has 1 aliphatic rings. The zero-order valence-electron chi connectivity index (χ0n) is 18.3. The molecule has 7 nitrogen and oxygen atoms in total. The Morgan fingerprint density at radius 2 is 2.06 bits per heavy atom. The quantitative estimate of drug-likeness (QED) is 0.446. The number of nitrogens with zero attached hydrogens (tertiary/aromatic N) is 2. The number of methoxy groups -OCH3 is 1. The number of para-hydroxylation sites is 1. The van der Waals surface area contributed by atoms with E-state index in [9.17, 15) is 14.4 Å². The number of thioether (sulfide) groups is 1. The van der Waals surface area contributed by atoms with Crippen LogP contribution in [0.15, 0.2) is 29.3 Å². The summed E-state index contributed by atoms with van der Waals surface area (Å²) in [4.78, 5) is 39.1. The van der Waals surface area contributed by atoms with Gasteiger partial charge in [0.15, 0.2) is 0 Å². The van der Waals surface area contributed by atoms with Crippen LogP contribution in [-0.4, -0.2) is 53.3 Å². The number of benzene rings is 1. The van der Waals surface area contributed by atoms with Crippen molar-refractivity contribution >= 4 is 45.8 Å². The summed E-state index contributed by atoms with van der Waals surface area (Å²) in [5, 5.41) is 3.65. The van der Waals surface area contributed by atoms with Gasteiger partial charge >= 0.3 is 0 Å². The SMILES string of the molecule is CCCN1C(=O)S/C(=C\c2cn(CC(=O)NCCCOC)c3c(CC)cccc23)C1=O. The number of amides is 3. The first-order chi connectivity index (χ1) is 15.0. The summed E-state index contributed by atoms with van der Waals surface area (Å²) < 4.78 is 6.95. The predicted octanol–water partition coefficient (Wildman–Crippen LogP) is 3.80. The Morgan fingerprint density at radius 1 is 1.26 bits per heavy atom. The number of carbonyl (C=O) groups is 3. The minimum atomic E-state index is -0.250. The van der Waals surface area contributed by atoms with Crippen LogP contribution in [0.4, 0.5) is 4.79 Å². The summed E-state index contributed by atoms with van der Waals surface area (Å²) in [6.45, 7) is 5.78. The molecule has 0 radical (unpaired) electrons. The largest absolute Gasteiger partial charge is 0.385 e. The fourth-order valence-electron chi connectivity index (χ4n) is 3.70. The van der Waals surface area contributed by atoms with E-state index < -0.39 is 0 Å². The highest BCUT2D eigenvalue weighted by Crippen LogP contribution is 2.34. The Hall–Kier alpha value is -2.58. The smallest absolute Gasteiger partial charge is 0.293 e. The lowest BCUT2D eigenvalue weighted by Crippen LogP contribution is -2.28. The van der Waals surface area contributed by atoms with Crippen molar-refractivity contribution in [2.45, 2.75) is 39.7 Å². The average molecular weight is 444 g/mol. The number of ether oxygens (including phenoxy) is 1. The number of carbonyl (C=O) groups excluding carboxylic acids is 3. The van der Waals surface area contributed by atoms with Gasteiger partial charge in [-0.15, -0.1) is 0 Å². The van der Waals surface area contributed by atoms with Crippen LogP contribution in [0, 0.1) is 0 Å². The van der Waals surface area contributed by atoms with Gasteiger partial charge in [-0.2, -0.15) is 0 Å². The van der Waals surface area contributed by atoms with E-state index in [0.29, 0.717) is 24.6 Å². The van der Waals surface area contributed by atoms with Crippen molar-refractivity contribution in [3.8, 4) is 0 Å². The second-order valence-electron chi connectivity index (χ2n) is 7.41. The van der Waals surface area contributed by atoms with Gasteiger partial charge in [-0.3, -0.25) is 19.3 Å². The number of rotatable bonds is 10. The van der Waals surface area contributed by atoms with Crippen molar-refractivity contribution in [1.82, 2.24) is 14.8 Å². The van der Waals surface area contributed by atoms with Gasteiger partial charge in [0.05, 0.1) is 10.4 Å². The van der Waals surface area contributed by atoms with Crippen LogP contribution in [0.5, 0.6) is 0 Å². The molecule has 1 saturated heterocycles. The fraction of sp³-hybridized carbons (Fsp3) is 0.435. The monoisotopic (exact) mass is 443 g/mol. The molecular weight excluding hydrogens is 414 g/mol. The first kappa shape index (κ1) is 23.1. The second-order valence-corrected chi connectivity index (χ2v) is 8.40. The molecule has 1 fully saturated rings. The van der Waals surface area contributed by atoms with Crippen molar-refractivity contribution < 1.29 is 19.1 Å². The highest BCUT2D eigenvalue weighted by atomic mass is 32.2. The lowest BCUT2D eigenvalue weighted by Gasteiger charge is -2.09. The van der Waals surface area contributed by atoms with E-state index in [-0.39, 0.29) is 23.6 Å². The Balaban J connectivity index is 1.92. The molecule has 1 aromatic heterocycles.